The molecule has 132 valence electrons. The van der Waals surface area contributed by atoms with E-state index in [-0.39, 0.29) is 12.0 Å². The summed E-state index contributed by atoms with van der Waals surface area (Å²) in [6.07, 6.45) is 6.54. The topological polar surface area (TPSA) is 47.0 Å². The standard InChI is InChI=1S/C18H33N3O2/c1-4-21(17-8-6-5-7-9-17)18(23)14-19-10-11-20(13-16(3)22)15(2)12-19/h8,15-16,22H,4-7,9-14H2,1-3H3. The molecule has 5 nitrogen and oxygen atoms in total. The lowest BCUT2D eigenvalue weighted by Gasteiger charge is -2.40. The van der Waals surface area contributed by atoms with Gasteiger partial charge in [0.05, 0.1) is 12.6 Å². The lowest BCUT2D eigenvalue weighted by molar-refractivity contribution is -0.131. The van der Waals surface area contributed by atoms with Gasteiger partial charge < -0.3 is 10.0 Å². The summed E-state index contributed by atoms with van der Waals surface area (Å²) in [5.41, 5.74) is 1.23. The number of hydrogen-bond donors (Lipinski definition) is 1. The molecule has 0 spiro atoms. The van der Waals surface area contributed by atoms with Gasteiger partial charge in [0, 0.05) is 44.5 Å². The number of amides is 1. The summed E-state index contributed by atoms with van der Waals surface area (Å²) in [7, 11) is 0. The van der Waals surface area contributed by atoms with Crippen LogP contribution < -0.4 is 0 Å². The maximum atomic E-state index is 12.7. The molecule has 2 atom stereocenters. The van der Waals surface area contributed by atoms with Crippen molar-refractivity contribution in [2.24, 2.45) is 0 Å². The van der Waals surface area contributed by atoms with Crippen LogP contribution in [-0.4, -0.2) is 77.1 Å². The van der Waals surface area contributed by atoms with Gasteiger partial charge in [-0.25, -0.2) is 0 Å². The quantitative estimate of drug-likeness (QED) is 0.808. The zero-order chi connectivity index (χ0) is 16.8. The molecule has 0 aromatic rings. The molecule has 1 aliphatic carbocycles. The Kier molecular flexibility index (Phi) is 7.06. The Labute approximate surface area is 140 Å². The number of nitrogens with zero attached hydrogens (tertiary/aromatic N) is 3. The van der Waals surface area contributed by atoms with E-state index in [9.17, 15) is 9.90 Å². The third kappa shape index (κ3) is 5.30. The Hall–Kier alpha value is -0.910. The lowest BCUT2D eigenvalue weighted by atomic mass is 10.0. The number of piperazine rings is 1. The number of β-amino-alcohol motifs (C(OH)–C–C–N with tert-alkyl or cyclic N) is 1. The third-order valence-electron chi connectivity index (χ3n) is 4.94. The van der Waals surface area contributed by atoms with Gasteiger partial charge in [-0.05, 0) is 46.5 Å². The molecule has 2 rings (SSSR count). The second kappa shape index (κ2) is 8.81. The highest BCUT2D eigenvalue weighted by atomic mass is 16.3. The maximum absolute atomic E-state index is 12.7. The van der Waals surface area contributed by atoms with E-state index in [0.717, 1.165) is 45.6 Å². The second-order valence-electron chi connectivity index (χ2n) is 7.01. The van der Waals surface area contributed by atoms with Crippen LogP contribution in [0, 0.1) is 0 Å². The van der Waals surface area contributed by atoms with Crippen molar-refractivity contribution in [2.75, 3.05) is 39.3 Å². The smallest absolute Gasteiger partial charge is 0.240 e. The molecule has 23 heavy (non-hydrogen) atoms. The predicted octanol–water partition coefficient (Wildman–Crippen LogP) is 1.68. The minimum Gasteiger partial charge on any atom is -0.392 e. The SMILES string of the molecule is CCN(C(=O)CN1CCN(CC(C)O)C(C)C1)C1=CCCCC1. The number of allylic oxidation sites excluding steroid dienone is 2. The Morgan fingerprint density at radius 2 is 2.22 bits per heavy atom. The Morgan fingerprint density at radius 3 is 2.78 bits per heavy atom. The fourth-order valence-electron chi connectivity index (χ4n) is 3.71. The van der Waals surface area contributed by atoms with Gasteiger partial charge in [-0.3, -0.25) is 14.6 Å². The van der Waals surface area contributed by atoms with Crippen LogP contribution in [-0.2, 0) is 4.79 Å². The molecule has 1 amide bonds. The third-order valence-corrected chi connectivity index (χ3v) is 4.94. The fraction of sp³-hybridized carbons (Fsp3) is 0.833. The molecule has 1 aliphatic heterocycles. The Bertz CT molecular complexity index is 422. The highest BCUT2D eigenvalue weighted by Crippen LogP contribution is 2.21. The monoisotopic (exact) mass is 323 g/mol. The normalized spacial score (nSPS) is 25.0. The molecule has 0 aromatic carbocycles. The zero-order valence-corrected chi connectivity index (χ0v) is 15.0. The first-order valence-electron chi connectivity index (χ1n) is 9.15. The Morgan fingerprint density at radius 1 is 1.43 bits per heavy atom. The molecule has 1 fully saturated rings. The van der Waals surface area contributed by atoms with E-state index < -0.39 is 0 Å². The number of carbonyl (C=O) groups is 1. The summed E-state index contributed by atoms with van der Waals surface area (Å²) in [6, 6.07) is 0.384. The lowest BCUT2D eigenvalue weighted by Crippen LogP contribution is -2.55. The Balaban J connectivity index is 1.86. The molecular weight excluding hydrogens is 290 g/mol. The van der Waals surface area contributed by atoms with Crippen molar-refractivity contribution in [3.05, 3.63) is 11.8 Å². The van der Waals surface area contributed by atoms with E-state index in [4.69, 9.17) is 0 Å². The first-order chi connectivity index (χ1) is 11.0. The summed E-state index contributed by atoms with van der Waals surface area (Å²) in [5.74, 6) is 0.233. The van der Waals surface area contributed by atoms with Gasteiger partial charge in [0.25, 0.3) is 0 Å². The van der Waals surface area contributed by atoms with E-state index in [0.29, 0.717) is 12.6 Å². The molecule has 1 N–H and O–H groups in total. The first kappa shape index (κ1) is 18.4. The summed E-state index contributed by atoms with van der Waals surface area (Å²) in [6.45, 7) is 10.8. The van der Waals surface area contributed by atoms with Crippen molar-refractivity contribution < 1.29 is 9.90 Å². The number of hydrogen-bond acceptors (Lipinski definition) is 4. The minimum absolute atomic E-state index is 0.233. The van der Waals surface area contributed by atoms with Gasteiger partial charge in [0.2, 0.25) is 5.91 Å². The number of likely N-dealkylation sites (N-methyl/N-ethyl adjacent to an activating group) is 1. The summed E-state index contributed by atoms with van der Waals surface area (Å²) in [5, 5.41) is 9.56. The summed E-state index contributed by atoms with van der Waals surface area (Å²) < 4.78 is 0. The first-order valence-corrected chi connectivity index (χ1v) is 9.15. The van der Waals surface area contributed by atoms with Crippen molar-refractivity contribution in [3.8, 4) is 0 Å². The number of carbonyl (C=O) groups excluding carboxylic acids is 1. The van der Waals surface area contributed by atoms with Gasteiger partial charge in [0.1, 0.15) is 0 Å². The predicted molar refractivity (Wildman–Crippen MR) is 93.1 cm³/mol. The number of aliphatic hydroxyl groups is 1. The van der Waals surface area contributed by atoms with Crippen LogP contribution in [0.25, 0.3) is 0 Å². The van der Waals surface area contributed by atoms with Crippen molar-refractivity contribution in [1.29, 1.82) is 0 Å². The zero-order valence-electron chi connectivity index (χ0n) is 15.0. The van der Waals surface area contributed by atoms with E-state index in [1.54, 1.807) is 0 Å². The highest BCUT2D eigenvalue weighted by Gasteiger charge is 2.27. The molecule has 2 unspecified atom stereocenters. The molecule has 1 heterocycles. The average Bonchev–Trinajstić information content (AvgIpc) is 2.51. The van der Waals surface area contributed by atoms with Gasteiger partial charge in [-0.1, -0.05) is 6.08 Å². The van der Waals surface area contributed by atoms with Gasteiger partial charge in [-0.15, -0.1) is 0 Å². The van der Waals surface area contributed by atoms with E-state index in [2.05, 4.69) is 29.7 Å². The van der Waals surface area contributed by atoms with Crippen molar-refractivity contribution in [2.45, 2.75) is 58.6 Å². The molecule has 5 heteroatoms. The van der Waals surface area contributed by atoms with Crippen LogP contribution >= 0.6 is 0 Å². The van der Waals surface area contributed by atoms with E-state index >= 15 is 0 Å². The van der Waals surface area contributed by atoms with Crippen molar-refractivity contribution in [1.82, 2.24) is 14.7 Å². The molecule has 0 bridgehead atoms. The van der Waals surface area contributed by atoms with Crippen molar-refractivity contribution in [3.63, 3.8) is 0 Å². The summed E-state index contributed by atoms with van der Waals surface area (Å²) in [4.78, 5) is 19.2. The minimum atomic E-state index is -0.292. The summed E-state index contributed by atoms with van der Waals surface area (Å²) >= 11 is 0. The average molecular weight is 323 g/mol. The molecule has 1 saturated heterocycles. The second-order valence-corrected chi connectivity index (χ2v) is 7.01. The van der Waals surface area contributed by atoms with Crippen LogP contribution in [0.2, 0.25) is 0 Å². The molecule has 0 radical (unpaired) electrons. The molecule has 0 saturated carbocycles. The van der Waals surface area contributed by atoms with E-state index in [1.807, 2.05) is 11.8 Å². The number of aliphatic hydroxyl groups excluding tert-OH is 1. The molecule has 0 aromatic heterocycles. The van der Waals surface area contributed by atoms with Gasteiger partial charge in [-0.2, -0.15) is 0 Å². The van der Waals surface area contributed by atoms with Crippen LogP contribution in [0.5, 0.6) is 0 Å². The largest absolute Gasteiger partial charge is 0.392 e. The van der Waals surface area contributed by atoms with Gasteiger partial charge in [0.15, 0.2) is 0 Å². The van der Waals surface area contributed by atoms with Crippen molar-refractivity contribution >= 4 is 5.91 Å². The maximum Gasteiger partial charge on any atom is 0.240 e. The van der Waals surface area contributed by atoms with Crippen LogP contribution in [0.1, 0.15) is 46.5 Å². The van der Waals surface area contributed by atoms with Crippen LogP contribution in [0.3, 0.4) is 0 Å². The highest BCUT2D eigenvalue weighted by molar-refractivity contribution is 5.80. The van der Waals surface area contributed by atoms with Crippen LogP contribution in [0.4, 0.5) is 0 Å². The van der Waals surface area contributed by atoms with E-state index in [1.165, 1.54) is 18.5 Å². The molecule has 2 aliphatic rings. The fourth-order valence-corrected chi connectivity index (χ4v) is 3.71. The van der Waals surface area contributed by atoms with Gasteiger partial charge >= 0.3 is 0 Å². The number of rotatable bonds is 6. The van der Waals surface area contributed by atoms with Crippen LogP contribution in [0.15, 0.2) is 11.8 Å². The molecular formula is C18H33N3O2.